The van der Waals surface area contributed by atoms with Crippen LogP contribution in [-0.4, -0.2) is 38.9 Å². The maximum Gasteiger partial charge on any atom is 0.246 e. The van der Waals surface area contributed by atoms with Gasteiger partial charge in [-0.2, -0.15) is 4.98 Å². The molecule has 0 spiro atoms. The van der Waals surface area contributed by atoms with Crippen molar-refractivity contribution >= 4 is 11.8 Å². The van der Waals surface area contributed by atoms with Crippen LogP contribution in [0.5, 0.6) is 0 Å². The van der Waals surface area contributed by atoms with Crippen LogP contribution in [0.1, 0.15) is 40.4 Å². The molecule has 0 aliphatic carbocycles. The van der Waals surface area contributed by atoms with Crippen LogP contribution < -0.4 is 5.32 Å². The molecule has 2 rings (SSSR count). The molecule has 2 atom stereocenters. The highest BCUT2D eigenvalue weighted by molar-refractivity contribution is 5.97. The van der Waals surface area contributed by atoms with Crippen molar-refractivity contribution in [3.63, 3.8) is 0 Å². The highest BCUT2D eigenvalue weighted by Gasteiger charge is 2.46. The number of rotatable bonds is 3. The van der Waals surface area contributed by atoms with Gasteiger partial charge in [0, 0.05) is 0 Å². The molecule has 1 aromatic rings. The lowest BCUT2D eigenvalue weighted by Gasteiger charge is -2.44. The lowest BCUT2D eigenvalue weighted by molar-refractivity contribution is -0.155. The average Bonchev–Trinajstić information content (AvgIpc) is 2.84. The molecule has 2 unspecified atom stereocenters. The summed E-state index contributed by atoms with van der Waals surface area (Å²) in [6.45, 7) is 9.79. The number of piperazine rings is 1. The lowest BCUT2D eigenvalue weighted by Crippen LogP contribution is -2.67. The van der Waals surface area contributed by atoms with Crippen LogP contribution in [0.4, 0.5) is 0 Å². The Kier molecular flexibility index (Phi) is 4.02. The first-order valence-corrected chi connectivity index (χ1v) is 7.08. The number of carbonyl (C=O) groups is 2. The summed E-state index contributed by atoms with van der Waals surface area (Å²) >= 11 is 0. The fourth-order valence-electron chi connectivity index (χ4n) is 2.57. The third-order valence-electron chi connectivity index (χ3n) is 3.64. The molecule has 7 heteroatoms. The Bertz CT molecular complexity index is 519. The minimum atomic E-state index is -0.549. The molecule has 1 aromatic heterocycles. The highest BCUT2D eigenvalue weighted by Crippen LogP contribution is 2.28. The summed E-state index contributed by atoms with van der Waals surface area (Å²) in [5.41, 5.74) is -0.357. The molecule has 1 saturated heterocycles. The summed E-state index contributed by atoms with van der Waals surface area (Å²) in [5, 5.41) is 6.59. The third-order valence-corrected chi connectivity index (χ3v) is 3.64. The van der Waals surface area contributed by atoms with Gasteiger partial charge in [0.15, 0.2) is 5.82 Å². The SMILES string of the molecule is CC(C)C1C(=O)NC(C(C)(C)C)C(=O)N1Cc1ncon1. The number of carbonyl (C=O) groups excluding carboxylic acids is 2. The van der Waals surface area contributed by atoms with Gasteiger partial charge in [0.05, 0.1) is 6.54 Å². The molecule has 2 amide bonds. The van der Waals surface area contributed by atoms with E-state index in [0.717, 1.165) is 0 Å². The van der Waals surface area contributed by atoms with E-state index in [1.54, 1.807) is 4.90 Å². The fraction of sp³-hybridized carbons (Fsp3) is 0.714. The molecule has 2 heterocycles. The zero-order valence-corrected chi connectivity index (χ0v) is 13.1. The van der Waals surface area contributed by atoms with Crippen molar-refractivity contribution in [2.24, 2.45) is 11.3 Å². The van der Waals surface area contributed by atoms with E-state index in [-0.39, 0.29) is 29.7 Å². The van der Waals surface area contributed by atoms with Crippen LogP contribution in [0.25, 0.3) is 0 Å². The molecule has 0 saturated carbocycles. The van der Waals surface area contributed by atoms with Crippen molar-refractivity contribution in [1.29, 1.82) is 0 Å². The molecule has 7 nitrogen and oxygen atoms in total. The van der Waals surface area contributed by atoms with Crippen LogP contribution in [-0.2, 0) is 16.1 Å². The monoisotopic (exact) mass is 294 g/mol. The van der Waals surface area contributed by atoms with Gasteiger partial charge in [0.1, 0.15) is 12.1 Å². The Labute approximate surface area is 124 Å². The molecule has 116 valence electrons. The number of hydrogen-bond donors (Lipinski definition) is 1. The second kappa shape index (κ2) is 5.46. The molecule has 21 heavy (non-hydrogen) atoms. The molecule has 1 fully saturated rings. The van der Waals surface area contributed by atoms with Crippen molar-refractivity contribution in [2.75, 3.05) is 0 Å². The number of hydrogen-bond acceptors (Lipinski definition) is 5. The largest absolute Gasteiger partial charge is 0.343 e. The Morgan fingerprint density at radius 2 is 2.05 bits per heavy atom. The smallest absolute Gasteiger partial charge is 0.246 e. The van der Waals surface area contributed by atoms with Gasteiger partial charge in [-0.3, -0.25) is 9.59 Å². The molecular weight excluding hydrogens is 272 g/mol. The Morgan fingerprint density at radius 3 is 2.52 bits per heavy atom. The zero-order valence-electron chi connectivity index (χ0n) is 13.1. The molecule has 1 aliphatic rings. The van der Waals surface area contributed by atoms with Gasteiger partial charge in [-0.05, 0) is 11.3 Å². The van der Waals surface area contributed by atoms with Crippen molar-refractivity contribution in [2.45, 2.75) is 53.2 Å². The van der Waals surface area contributed by atoms with E-state index in [1.807, 2.05) is 34.6 Å². The lowest BCUT2D eigenvalue weighted by atomic mass is 9.82. The Hall–Kier alpha value is -1.92. The van der Waals surface area contributed by atoms with E-state index < -0.39 is 12.1 Å². The molecule has 0 radical (unpaired) electrons. The average molecular weight is 294 g/mol. The second-order valence-corrected chi connectivity index (χ2v) is 6.81. The summed E-state index contributed by atoms with van der Waals surface area (Å²) in [5.74, 6) is 0.164. The van der Waals surface area contributed by atoms with E-state index in [4.69, 9.17) is 4.52 Å². The maximum absolute atomic E-state index is 12.8. The Balaban J connectivity index is 2.33. The normalized spacial score (nSPS) is 23.6. The minimum absolute atomic E-state index is 0.00164. The van der Waals surface area contributed by atoms with Gasteiger partial charge in [0.2, 0.25) is 18.2 Å². The van der Waals surface area contributed by atoms with Crippen molar-refractivity contribution in [1.82, 2.24) is 20.4 Å². The van der Waals surface area contributed by atoms with Gasteiger partial charge in [-0.1, -0.05) is 39.8 Å². The van der Waals surface area contributed by atoms with Gasteiger partial charge in [-0.15, -0.1) is 0 Å². The summed E-state index contributed by atoms with van der Waals surface area (Å²) in [6, 6.07) is -1.07. The van der Waals surface area contributed by atoms with E-state index in [1.165, 1.54) is 6.39 Å². The zero-order chi connectivity index (χ0) is 15.8. The van der Waals surface area contributed by atoms with E-state index in [9.17, 15) is 9.59 Å². The number of aromatic nitrogens is 2. The van der Waals surface area contributed by atoms with Gasteiger partial charge in [0.25, 0.3) is 0 Å². The predicted octanol–water partition coefficient (Wildman–Crippen LogP) is 0.967. The third kappa shape index (κ3) is 3.06. The quantitative estimate of drug-likeness (QED) is 0.897. The predicted molar refractivity (Wildman–Crippen MR) is 74.9 cm³/mol. The first-order chi connectivity index (χ1) is 9.71. The van der Waals surface area contributed by atoms with Crippen LogP contribution in [0.2, 0.25) is 0 Å². The van der Waals surface area contributed by atoms with Crippen molar-refractivity contribution in [3.8, 4) is 0 Å². The maximum atomic E-state index is 12.8. The topological polar surface area (TPSA) is 88.3 Å². The van der Waals surface area contributed by atoms with Gasteiger partial charge in [-0.25, -0.2) is 0 Å². The first kappa shape index (κ1) is 15.5. The van der Waals surface area contributed by atoms with E-state index in [0.29, 0.717) is 5.82 Å². The molecular formula is C14H22N4O3. The number of nitrogens with one attached hydrogen (secondary N) is 1. The van der Waals surface area contributed by atoms with Gasteiger partial charge < -0.3 is 14.7 Å². The standard InChI is InChI=1S/C14H22N4O3/c1-8(2)10-12(19)16-11(14(3,4)5)13(20)18(10)6-9-15-7-21-17-9/h7-8,10-11H,6H2,1-5H3,(H,16,19). The summed E-state index contributed by atoms with van der Waals surface area (Å²) in [6.07, 6.45) is 1.22. The minimum Gasteiger partial charge on any atom is -0.343 e. The summed E-state index contributed by atoms with van der Waals surface area (Å²) < 4.78 is 4.71. The van der Waals surface area contributed by atoms with Crippen molar-refractivity contribution < 1.29 is 14.1 Å². The molecule has 0 aromatic carbocycles. The summed E-state index contributed by atoms with van der Waals surface area (Å²) in [4.78, 5) is 30.7. The van der Waals surface area contributed by atoms with Crippen LogP contribution in [0.3, 0.4) is 0 Å². The number of nitrogens with zero attached hydrogens (tertiary/aromatic N) is 3. The van der Waals surface area contributed by atoms with Gasteiger partial charge >= 0.3 is 0 Å². The molecule has 1 N–H and O–H groups in total. The molecule has 1 aliphatic heterocycles. The van der Waals surface area contributed by atoms with Crippen LogP contribution >= 0.6 is 0 Å². The highest BCUT2D eigenvalue weighted by atomic mass is 16.5. The van der Waals surface area contributed by atoms with Crippen molar-refractivity contribution in [3.05, 3.63) is 12.2 Å². The molecule has 0 bridgehead atoms. The Morgan fingerprint density at radius 1 is 1.38 bits per heavy atom. The van der Waals surface area contributed by atoms with E-state index >= 15 is 0 Å². The van der Waals surface area contributed by atoms with Crippen LogP contribution in [0, 0.1) is 11.3 Å². The van der Waals surface area contributed by atoms with E-state index in [2.05, 4.69) is 15.5 Å². The summed E-state index contributed by atoms with van der Waals surface area (Å²) in [7, 11) is 0. The van der Waals surface area contributed by atoms with Crippen LogP contribution in [0.15, 0.2) is 10.9 Å². The number of amides is 2. The fourth-order valence-corrected chi connectivity index (χ4v) is 2.57. The first-order valence-electron chi connectivity index (χ1n) is 7.08. The second-order valence-electron chi connectivity index (χ2n) is 6.81.